The highest BCUT2D eigenvalue weighted by molar-refractivity contribution is 5.80. The van der Waals surface area contributed by atoms with E-state index < -0.39 is 0 Å². The number of rotatable bonds is 6. The fraction of sp³-hybridized carbons (Fsp3) is 0.783. The van der Waals surface area contributed by atoms with Crippen molar-refractivity contribution in [2.24, 2.45) is 4.99 Å². The third-order valence-corrected chi connectivity index (χ3v) is 6.94. The summed E-state index contributed by atoms with van der Waals surface area (Å²) in [6, 6.07) is 5.35. The molecule has 0 spiro atoms. The molecule has 0 amide bonds. The molecule has 2 saturated carbocycles. The van der Waals surface area contributed by atoms with Crippen LogP contribution in [0.4, 0.5) is 0 Å². The van der Waals surface area contributed by atoms with Crippen molar-refractivity contribution in [1.82, 2.24) is 15.5 Å². The Kier molecular flexibility index (Phi) is 7.49. The van der Waals surface area contributed by atoms with Crippen LogP contribution in [-0.2, 0) is 6.42 Å². The van der Waals surface area contributed by atoms with Crippen LogP contribution in [0.1, 0.15) is 70.0 Å². The lowest BCUT2D eigenvalue weighted by molar-refractivity contribution is 0.00809. The molecule has 0 bridgehead atoms. The molecule has 1 aromatic heterocycles. The van der Waals surface area contributed by atoms with Crippen LogP contribution in [0.5, 0.6) is 0 Å². The summed E-state index contributed by atoms with van der Waals surface area (Å²) in [4.78, 5) is 7.39. The van der Waals surface area contributed by atoms with Gasteiger partial charge in [0.2, 0.25) is 0 Å². The molecule has 0 radical (unpaired) electrons. The standard InChI is InChI=1S/C23H38N4O2/c28-22-10-4-3-9-21(22)27-15-12-19(13-16-27)26-23(25-18-6-1-2-7-18)24-14-11-20-8-5-17-29-20/h5,8,17-19,21-22,28H,1-4,6-7,9-16H2,(H2,24,25,26). The Labute approximate surface area is 175 Å². The number of aliphatic hydroxyl groups is 1. The van der Waals surface area contributed by atoms with E-state index in [0.717, 1.165) is 63.5 Å². The van der Waals surface area contributed by atoms with Gasteiger partial charge < -0.3 is 20.2 Å². The van der Waals surface area contributed by atoms with Gasteiger partial charge in [-0.25, -0.2) is 0 Å². The first-order chi connectivity index (χ1) is 14.3. The number of aliphatic imine (C=N–C) groups is 1. The van der Waals surface area contributed by atoms with E-state index in [-0.39, 0.29) is 6.10 Å². The molecule has 3 fully saturated rings. The molecule has 1 aliphatic heterocycles. The minimum atomic E-state index is -0.129. The molecule has 1 saturated heterocycles. The lowest BCUT2D eigenvalue weighted by Crippen LogP contribution is -2.54. The molecule has 6 nitrogen and oxygen atoms in total. The highest BCUT2D eigenvalue weighted by Gasteiger charge is 2.31. The first kappa shape index (κ1) is 20.7. The van der Waals surface area contributed by atoms with Crippen LogP contribution < -0.4 is 10.6 Å². The molecule has 0 aromatic carbocycles. The first-order valence-electron chi connectivity index (χ1n) is 11.8. The number of hydrogen-bond acceptors (Lipinski definition) is 4. The lowest BCUT2D eigenvalue weighted by atomic mass is 9.89. The van der Waals surface area contributed by atoms with Crippen LogP contribution >= 0.6 is 0 Å². The van der Waals surface area contributed by atoms with Gasteiger partial charge in [-0.1, -0.05) is 25.7 Å². The number of nitrogens with zero attached hydrogens (tertiary/aromatic N) is 2. The van der Waals surface area contributed by atoms with Gasteiger partial charge >= 0.3 is 0 Å². The zero-order valence-electron chi connectivity index (χ0n) is 17.7. The van der Waals surface area contributed by atoms with E-state index in [0.29, 0.717) is 18.1 Å². The molecule has 4 rings (SSSR count). The largest absolute Gasteiger partial charge is 0.469 e. The Balaban J connectivity index is 1.28. The van der Waals surface area contributed by atoms with Gasteiger partial charge in [-0.15, -0.1) is 0 Å². The van der Waals surface area contributed by atoms with Gasteiger partial charge in [0.1, 0.15) is 5.76 Å². The maximum absolute atomic E-state index is 10.4. The van der Waals surface area contributed by atoms with Gasteiger partial charge in [0.05, 0.1) is 12.4 Å². The van der Waals surface area contributed by atoms with E-state index >= 15 is 0 Å². The molecular weight excluding hydrogens is 364 g/mol. The van der Waals surface area contributed by atoms with Gasteiger partial charge in [-0.2, -0.15) is 0 Å². The first-order valence-corrected chi connectivity index (χ1v) is 11.8. The minimum Gasteiger partial charge on any atom is -0.469 e. The second-order valence-corrected chi connectivity index (χ2v) is 9.06. The maximum atomic E-state index is 10.4. The Morgan fingerprint density at radius 1 is 1.00 bits per heavy atom. The number of piperidine rings is 1. The van der Waals surface area contributed by atoms with Crippen molar-refractivity contribution in [3.8, 4) is 0 Å². The Bertz CT molecular complexity index is 619. The molecule has 1 aromatic rings. The molecule has 2 atom stereocenters. The van der Waals surface area contributed by atoms with Crippen LogP contribution in [0, 0.1) is 0 Å². The number of guanidine groups is 1. The van der Waals surface area contributed by atoms with E-state index in [2.05, 4.69) is 15.5 Å². The van der Waals surface area contributed by atoms with Crippen molar-refractivity contribution < 1.29 is 9.52 Å². The molecule has 6 heteroatoms. The summed E-state index contributed by atoms with van der Waals surface area (Å²) in [5.41, 5.74) is 0. The number of aliphatic hydroxyl groups excluding tert-OH is 1. The van der Waals surface area contributed by atoms with Crippen molar-refractivity contribution in [1.29, 1.82) is 0 Å². The molecule has 29 heavy (non-hydrogen) atoms. The van der Waals surface area contributed by atoms with Crippen LogP contribution in [0.3, 0.4) is 0 Å². The van der Waals surface area contributed by atoms with Crippen molar-refractivity contribution in [3.63, 3.8) is 0 Å². The predicted molar refractivity (Wildman–Crippen MR) is 116 cm³/mol. The molecule has 162 valence electrons. The third-order valence-electron chi connectivity index (χ3n) is 6.94. The summed E-state index contributed by atoms with van der Waals surface area (Å²) in [5.74, 6) is 1.97. The molecule has 2 unspecified atom stereocenters. The van der Waals surface area contributed by atoms with E-state index in [4.69, 9.17) is 9.41 Å². The summed E-state index contributed by atoms with van der Waals surface area (Å²) in [7, 11) is 0. The quantitative estimate of drug-likeness (QED) is 0.504. The Hall–Kier alpha value is -1.53. The lowest BCUT2D eigenvalue weighted by Gasteiger charge is -2.42. The Morgan fingerprint density at radius 3 is 2.38 bits per heavy atom. The number of likely N-dealkylation sites (tertiary alicyclic amines) is 1. The van der Waals surface area contributed by atoms with Gasteiger partial charge in [-0.05, 0) is 50.7 Å². The van der Waals surface area contributed by atoms with Crippen molar-refractivity contribution in [2.75, 3.05) is 19.6 Å². The number of nitrogens with one attached hydrogen (secondary N) is 2. The van der Waals surface area contributed by atoms with Gasteiger partial charge in [-0.3, -0.25) is 9.89 Å². The average molecular weight is 403 g/mol. The maximum Gasteiger partial charge on any atom is 0.191 e. The van der Waals surface area contributed by atoms with Crippen LogP contribution in [-0.4, -0.2) is 59.8 Å². The minimum absolute atomic E-state index is 0.129. The number of hydrogen-bond donors (Lipinski definition) is 3. The molecule has 3 N–H and O–H groups in total. The van der Waals surface area contributed by atoms with Crippen molar-refractivity contribution in [2.45, 2.75) is 94.9 Å². The van der Waals surface area contributed by atoms with Gasteiger partial charge in [0, 0.05) is 44.2 Å². The van der Waals surface area contributed by atoms with E-state index in [1.165, 1.54) is 38.5 Å². The van der Waals surface area contributed by atoms with Gasteiger partial charge in [0.25, 0.3) is 0 Å². The van der Waals surface area contributed by atoms with E-state index in [9.17, 15) is 5.11 Å². The SMILES string of the molecule is OC1CCCCC1N1CCC(NC(=NCCc2ccco2)NC2CCCC2)CC1. The fourth-order valence-electron chi connectivity index (χ4n) is 5.22. The summed E-state index contributed by atoms with van der Waals surface area (Å²) in [6.07, 6.45) is 14.4. The molecule has 2 heterocycles. The number of furan rings is 1. The Morgan fingerprint density at radius 2 is 1.69 bits per heavy atom. The monoisotopic (exact) mass is 402 g/mol. The zero-order chi connectivity index (χ0) is 19.9. The van der Waals surface area contributed by atoms with Crippen molar-refractivity contribution in [3.05, 3.63) is 24.2 Å². The molecular formula is C23H38N4O2. The average Bonchev–Trinajstić information content (AvgIpc) is 3.43. The van der Waals surface area contributed by atoms with E-state index in [1.807, 2.05) is 12.1 Å². The molecule has 2 aliphatic carbocycles. The highest BCUT2D eigenvalue weighted by Crippen LogP contribution is 2.26. The fourth-order valence-corrected chi connectivity index (χ4v) is 5.22. The van der Waals surface area contributed by atoms with E-state index in [1.54, 1.807) is 6.26 Å². The second-order valence-electron chi connectivity index (χ2n) is 9.06. The van der Waals surface area contributed by atoms with Crippen LogP contribution in [0.2, 0.25) is 0 Å². The topological polar surface area (TPSA) is 73.0 Å². The summed E-state index contributed by atoms with van der Waals surface area (Å²) >= 11 is 0. The molecule has 3 aliphatic rings. The van der Waals surface area contributed by atoms with Crippen LogP contribution in [0.15, 0.2) is 27.8 Å². The summed E-state index contributed by atoms with van der Waals surface area (Å²) in [5, 5.41) is 17.8. The highest BCUT2D eigenvalue weighted by atomic mass is 16.3. The third kappa shape index (κ3) is 5.98. The normalized spacial score (nSPS) is 28.0. The van der Waals surface area contributed by atoms with Gasteiger partial charge in [0.15, 0.2) is 5.96 Å². The second kappa shape index (κ2) is 10.5. The predicted octanol–water partition coefficient (Wildman–Crippen LogP) is 3.07. The van der Waals surface area contributed by atoms with Crippen molar-refractivity contribution >= 4 is 5.96 Å². The zero-order valence-corrected chi connectivity index (χ0v) is 17.7. The smallest absolute Gasteiger partial charge is 0.191 e. The van der Waals surface area contributed by atoms with Crippen LogP contribution in [0.25, 0.3) is 0 Å². The summed E-state index contributed by atoms with van der Waals surface area (Å²) < 4.78 is 5.44. The summed E-state index contributed by atoms with van der Waals surface area (Å²) in [6.45, 7) is 2.88.